The van der Waals surface area contributed by atoms with Crippen molar-refractivity contribution in [3.8, 4) is 0 Å². The van der Waals surface area contributed by atoms with E-state index in [0.29, 0.717) is 10.2 Å². The van der Waals surface area contributed by atoms with Gasteiger partial charge in [0.25, 0.3) is 0 Å². The smallest absolute Gasteiger partial charge is 0.187 e. The van der Waals surface area contributed by atoms with Gasteiger partial charge in [0.1, 0.15) is 0 Å². The van der Waals surface area contributed by atoms with E-state index in [9.17, 15) is 0 Å². The van der Waals surface area contributed by atoms with Crippen LogP contribution < -0.4 is 21.5 Å². The Labute approximate surface area is 186 Å². The first-order valence-corrected chi connectivity index (χ1v) is 9.06. The quantitative estimate of drug-likeness (QED) is 0.218. The summed E-state index contributed by atoms with van der Waals surface area (Å²) in [6.07, 6.45) is 0.727. The summed E-state index contributed by atoms with van der Waals surface area (Å²) in [5, 5.41) is 15.7. The highest BCUT2D eigenvalue weighted by molar-refractivity contribution is 7.80. The van der Waals surface area contributed by atoms with E-state index in [1.54, 1.807) is 0 Å². The van der Waals surface area contributed by atoms with Crippen LogP contribution in [0, 0.1) is 0 Å². The van der Waals surface area contributed by atoms with Gasteiger partial charge in [0.15, 0.2) is 10.2 Å². The Kier molecular flexibility index (Phi) is 21.3. The molecule has 0 aromatic carbocycles. The molecule has 0 rings (SSSR count). The molecule has 0 saturated carbocycles. The highest BCUT2D eigenvalue weighted by atomic mass is 35.5. The molecule has 27 heavy (non-hydrogen) atoms. The number of hydrogen-bond donors (Lipinski definition) is 4. The molecule has 0 aromatic heterocycles. The lowest BCUT2D eigenvalue weighted by molar-refractivity contribution is 0.412. The number of hydrogen-bond acceptors (Lipinski definition) is 6. The fourth-order valence-electron chi connectivity index (χ4n) is 1.60. The highest BCUT2D eigenvalue weighted by Crippen LogP contribution is 1.90. The molecule has 0 atom stereocenters. The summed E-state index contributed by atoms with van der Waals surface area (Å²) in [5.74, 6) is 0. The van der Waals surface area contributed by atoms with Crippen LogP contribution in [0.5, 0.6) is 0 Å². The molecule has 0 fully saturated rings. The maximum atomic E-state index is 5.20. The molecule has 0 aliphatic heterocycles. The molecule has 12 heteroatoms. The predicted octanol–water partition coefficient (Wildman–Crippen LogP) is 1.02. The molecule has 0 aromatic rings. The summed E-state index contributed by atoms with van der Waals surface area (Å²) in [5.41, 5.74) is 7.24. The van der Waals surface area contributed by atoms with Crippen molar-refractivity contribution in [2.24, 2.45) is 10.2 Å². The third-order valence-corrected chi connectivity index (χ3v) is 3.53. The van der Waals surface area contributed by atoms with Crippen molar-refractivity contribution in [1.29, 1.82) is 0 Å². The molecule has 0 saturated heterocycles. The van der Waals surface area contributed by atoms with Crippen molar-refractivity contribution in [3.63, 3.8) is 0 Å². The van der Waals surface area contributed by atoms with Crippen LogP contribution in [-0.2, 0) is 0 Å². The Hall–Kier alpha value is -0.780. The van der Waals surface area contributed by atoms with E-state index in [4.69, 9.17) is 24.4 Å². The fraction of sp³-hybridized carbons (Fsp3) is 0.733. The first-order valence-electron chi connectivity index (χ1n) is 8.24. The zero-order chi connectivity index (χ0) is 19.2. The molecule has 8 nitrogen and oxygen atoms in total. The van der Waals surface area contributed by atoms with Gasteiger partial charge in [0, 0.05) is 26.2 Å². The Morgan fingerprint density at radius 1 is 0.815 bits per heavy atom. The molecule has 4 N–H and O–H groups in total. The number of hydrazone groups is 2. The number of halogens is 2. The minimum atomic E-state index is 0. The van der Waals surface area contributed by atoms with Gasteiger partial charge in [-0.25, -0.2) is 0 Å². The third-order valence-electron chi connectivity index (χ3n) is 3.06. The molecule has 0 bridgehead atoms. The van der Waals surface area contributed by atoms with Crippen molar-refractivity contribution >= 4 is 70.9 Å². The molecule has 0 spiro atoms. The second-order valence-corrected chi connectivity index (χ2v) is 6.77. The van der Waals surface area contributed by atoms with Gasteiger partial charge in [-0.2, -0.15) is 10.2 Å². The number of nitrogens with zero attached hydrogens (tertiary/aromatic N) is 4. The normalized spacial score (nSPS) is 11.4. The summed E-state index contributed by atoms with van der Waals surface area (Å²) in [4.78, 5) is 4.15. The van der Waals surface area contributed by atoms with E-state index >= 15 is 0 Å². The summed E-state index contributed by atoms with van der Waals surface area (Å²) in [7, 11) is 8.05. The average molecular weight is 462 g/mol. The lowest BCUT2D eigenvalue weighted by Gasteiger charge is -2.13. The van der Waals surface area contributed by atoms with E-state index < -0.39 is 0 Å². The zero-order valence-electron chi connectivity index (χ0n) is 17.0. The van der Waals surface area contributed by atoms with Gasteiger partial charge in [0.05, 0.1) is 11.4 Å². The minimum Gasteiger partial charge on any atom is -0.360 e. The Bertz CT molecular complexity index is 484. The van der Waals surface area contributed by atoms with Gasteiger partial charge in [-0.3, -0.25) is 10.9 Å². The van der Waals surface area contributed by atoms with Crippen LogP contribution in [0.2, 0.25) is 0 Å². The maximum absolute atomic E-state index is 5.20. The summed E-state index contributed by atoms with van der Waals surface area (Å²) in [6.45, 7) is 7.20. The number of likely N-dealkylation sites (N-methyl/N-ethyl adjacent to an activating group) is 2. The summed E-state index contributed by atoms with van der Waals surface area (Å²) in [6, 6.07) is 0. The minimum absolute atomic E-state index is 0. The molecule has 0 unspecified atom stereocenters. The van der Waals surface area contributed by atoms with Crippen molar-refractivity contribution in [2.75, 3.05) is 54.4 Å². The van der Waals surface area contributed by atoms with Gasteiger partial charge in [-0.15, -0.1) is 24.8 Å². The second-order valence-electron chi connectivity index (χ2n) is 5.95. The molecule has 0 aliphatic carbocycles. The van der Waals surface area contributed by atoms with Gasteiger partial charge in [-0.1, -0.05) is 6.92 Å². The van der Waals surface area contributed by atoms with E-state index in [-0.39, 0.29) is 24.8 Å². The first kappa shape index (κ1) is 30.9. The standard InChI is InChI=1S/C15H32N8S2.2ClH/c1-7-13(19-21-15(25)17-9-11-23(5)6)12(2)18-20-14(24)16-8-10-22(3)4;;/h7-11H2,1-6H3,(H2,16,20,24)(H2,17,21,25);2*1H. The molecule has 0 amide bonds. The van der Waals surface area contributed by atoms with Crippen molar-refractivity contribution in [1.82, 2.24) is 31.3 Å². The second kappa shape index (κ2) is 18.6. The molecule has 0 aliphatic rings. The van der Waals surface area contributed by atoms with Crippen molar-refractivity contribution < 1.29 is 0 Å². The number of nitrogens with one attached hydrogen (secondary N) is 4. The fourth-order valence-corrected chi connectivity index (χ4v) is 1.89. The van der Waals surface area contributed by atoms with Crippen LogP contribution in [0.1, 0.15) is 20.3 Å². The largest absolute Gasteiger partial charge is 0.360 e. The van der Waals surface area contributed by atoms with Gasteiger partial charge in [0.2, 0.25) is 0 Å². The van der Waals surface area contributed by atoms with E-state index in [1.807, 2.05) is 42.0 Å². The SMILES string of the molecule is CCC(=NNC(=S)NCCN(C)C)C(C)=NNC(=S)NCCN(C)C.Cl.Cl. The molecule has 160 valence electrons. The number of rotatable bonds is 10. The lowest BCUT2D eigenvalue weighted by Crippen LogP contribution is -2.38. The summed E-state index contributed by atoms with van der Waals surface area (Å²) < 4.78 is 0. The van der Waals surface area contributed by atoms with Crippen molar-refractivity contribution in [3.05, 3.63) is 0 Å². The molecular formula is C15H34Cl2N8S2. The number of thiocarbonyl (C=S) groups is 2. The Morgan fingerprint density at radius 3 is 1.59 bits per heavy atom. The van der Waals surface area contributed by atoms with Gasteiger partial charge >= 0.3 is 0 Å². The first-order chi connectivity index (χ1) is 11.8. The monoisotopic (exact) mass is 460 g/mol. The predicted molar refractivity (Wildman–Crippen MR) is 130 cm³/mol. The van der Waals surface area contributed by atoms with Gasteiger partial charge in [-0.05, 0) is 66.0 Å². The summed E-state index contributed by atoms with van der Waals surface area (Å²) >= 11 is 10.4. The van der Waals surface area contributed by atoms with E-state index in [1.165, 1.54) is 0 Å². The third kappa shape index (κ3) is 18.4. The maximum Gasteiger partial charge on any atom is 0.187 e. The van der Waals surface area contributed by atoms with Crippen molar-refractivity contribution in [2.45, 2.75) is 20.3 Å². The van der Waals surface area contributed by atoms with Gasteiger partial charge < -0.3 is 20.4 Å². The van der Waals surface area contributed by atoms with Crippen LogP contribution in [0.25, 0.3) is 0 Å². The lowest BCUT2D eigenvalue weighted by atomic mass is 10.2. The van der Waals surface area contributed by atoms with E-state index in [2.05, 4.69) is 41.5 Å². The highest BCUT2D eigenvalue weighted by Gasteiger charge is 2.03. The Balaban J connectivity index is -0.00000288. The van der Waals surface area contributed by atoms with Crippen LogP contribution >= 0.6 is 49.2 Å². The topological polar surface area (TPSA) is 79.3 Å². The Morgan fingerprint density at radius 2 is 1.22 bits per heavy atom. The van der Waals surface area contributed by atoms with Crippen LogP contribution in [-0.4, -0.2) is 85.8 Å². The van der Waals surface area contributed by atoms with Crippen LogP contribution in [0.4, 0.5) is 0 Å². The zero-order valence-corrected chi connectivity index (χ0v) is 20.2. The average Bonchev–Trinajstić information content (AvgIpc) is 2.52. The molecule has 0 radical (unpaired) electrons. The molecular weight excluding hydrogens is 427 g/mol. The van der Waals surface area contributed by atoms with Crippen LogP contribution in [0.15, 0.2) is 10.2 Å². The molecule has 0 heterocycles. The van der Waals surface area contributed by atoms with Crippen LogP contribution in [0.3, 0.4) is 0 Å². The van der Waals surface area contributed by atoms with E-state index in [0.717, 1.165) is 44.0 Å².